The molecule has 7 nitrogen and oxygen atoms in total. The fourth-order valence-electron chi connectivity index (χ4n) is 2.94. The SMILES string of the molecule is COc1ccc(-c2nn(-c3ccccc3)cc2C=C2C(=O)NC(=S)NC2=O)cc1. The number of ether oxygens (including phenoxy) is 1. The smallest absolute Gasteiger partial charge is 0.263 e. The number of carbonyl (C=O) groups is 2. The molecule has 1 aliphatic rings. The Morgan fingerprint density at radius 3 is 2.28 bits per heavy atom. The number of hydrogen-bond donors (Lipinski definition) is 2. The van der Waals surface area contributed by atoms with E-state index in [1.807, 2.05) is 54.6 Å². The van der Waals surface area contributed by atoms with Gasteiger partial charge in [-0.2, -0.15) is 5.10 Å². The standard InChI is InChI=1S/C21H16N4O3S/c1-28-16-9-7-13(8-10-16)18-14(11-17-19(26)22-21(29)23-20(17)27)12-25(24-18)15-5-3-2-4-6-15/h2-12H,1H3,(H2,22,23,26,27,29). The number of methoxy groups -OCH3 is 1. The zero-order valence-corrected chi connectivity index (χ0v) is 16.2. The maximum absolute atomic E-state index is 12.3. The van der Waals surface area contributed by atoms with Gasteiger partial charge < -0.3 is 4.74 Å². The number of nitrogens with one attached hydrogen (secondary N) is 2. The van der Waals surface area contributed by atoms with Gasteiger partial charge in [-0.1, -0.05) is 18.2 Å². The third kappa shape index (κ3) is 3.78. The Kier molecular flexibility index (Phi) is 4.92. The van der Waals surface area contributed by atoms with Gasteiger partial charge in [0, 0.05) is 17.3 Å². The number of aromatic nitrogens is 2. The van der Waals surface area contributed by atoms with Crippen molar-refractivity contribution in [1.29, 1.82) is 0 Å². The molecule has 2 amide bonds. The highest BCUT2D eigenvalue weighted by Gasteiger charge is 2.26. The Labute approximate surface area is 172 Å². The topological polar surface area (TPSA) is 85.2 Å². The van der Waals surface area contributed by atoms with Crippen LogP contribution in [0.2, 0.25) is 0 Å². The third-order valence-corrected chi connectivity index (χ3v) is 4.57. The van der Waals surface area contributed by atoms with Gasteiger partial charge in [-0.05, 0) is 54.7 Å². The molecular weight excluding hydrogens is 388 g/mol. The Balaban J connectivity index is 1.84. The van der Waals surface area contributed by atoms with Crippen LogP contribution < -0.4 is 15.4 Å². The summed E-state index contributed by atoms with van der Waals surface area (Å²) < 4.78 is 6.92. The van der Waals surface area contributed by atoms with Crippen LogP contribution in [0, 0.1) is 0 Å². The van der Waals surface area contributed by atoms with Gasteiger partial charge in [0.2, 0.25) is 0 Å². The summed E-state index contributed by atoms with van der Waals surface area (Å²) in [6.07, 6.45) is 3.29. The van der Waals surface area contributed by atoms with Crippen LogP contribution in [0.1, 0.15) is 5.56 Å². The van der Waals surface area contributed by atoms with Crippen LogP contribution in [0.5, 0.6) is 5.75 Å². The fraction of sp³-hybridized carbons (Fsp3) is 0.0476. The maximum Gasteiger partial charge on any atom is 0.263 e. The van der Waals surface area contributed by atoms with Crippen molar-refractivity contribution in [3.8, 4) is 22.7 Å². The van der Waals surface area contributed by atoms with E-state index in [9.17, 15) is 9.59 Å². The number of thiocarbonyl (C=S) groups is 1. The third-order valence-electron chi connectivity index (χ3n) is 4.37. The molecule has 0 unspecified atom stereocenters. The molecule has 0 spiro atoms. The zero-order chi connectivity index (χ0) is 20.4. The maximum atomic E-state index is 12.3. The number of carbonyl (C=O) groups excluding carboxylic acids is 2. The second kappa shape index (κ2) is 7.69. The molecule has 1 aliphatic heterocycles. The summed E-state index contributed by atoms with van der Waals surface area (Å²) >= 11 is 4.85. The van der Waals surface area contributed by atoms with Gasteiger partial charge in [-0.25, -0.2) is 4.68 Å². The van der Waals surface area contributed by atoms with Gasteiger partial charge in [0.1, 0.15) is 11.3 Å². The van der Waals surface area contributed by atoms with E-state index in [1.54, 1.807) is 18.0 Å². The minimum atomic E-state index is -0.549. The Bertz CT molecular complexity index is 1110. The normalized spacial score (nSPS) is 13.7. The quantitative estimate of drug-likeness (QED) is 0.396. The van der Waals surface area contributed by atoms with E-state index in [2.05, 4.69) is 15.7 Å². The molecule has 8 heteroatoms. The lowest BCUT2D eigenvalue weighted by atomic mass is 10.0. The van der Waals surface area contributed by atoms with Crippen LogP contribution in [-0.4, -0.2) is 33.8 Å². The molecule has 0 aliphatic carbocycles. The van der Waals surface area contributed by atoms with Crippen molar-refractivity contribution in [1.82, 2.24) is 20.4 Å². The van der Waals surface area contributed by atoms with Gasteiger partial charge in [-0.3, -0.25) is 20.2 Å². The molecule has 2 aromatic carbocycles. The van der Waals surface area contributed by atoms with Crippen LogP contribution >= 0.6 is 12.2 Å². The molecule has 0 atom stereocenters. The van der Waals surface area contributed by atoms with Crippen molar-refractivity contribution in [2.24, 2.45) is 0 Å². The fourth-order valence-corrected chi connectivity index (χ4v) is 3.13. The van der Waals surface area contributed by atoms with E-state index in [4.69, 9.17) is 17.0 Å². The zero-order valence-electron chi connectivity index (χ0n) is 15.4. The summed E-state index contributed by atoms with van der Waals surface area (Å²) in [5.74, 6) is -0.380. The number of rotatable bonds is 4. The average Bonchev–Trinajstić information content (AvgIpc) is 3.15. The van der Waals surface area contributed by atoms with E-state index in [0.717, 1.165) is 17.0 Å². The van der Waals surface area contributed by atoms with Crippen LogP contribution in [-0.2, 0) is 9.59 Å². The summed E-state index contributed by atoms with van der Waals surface area (Å²) in [5, 5.41) is 9.55. The van der Waals surface area contributed by atoms with Crippen LogP contribution in [0.3, 0.4) is 0 Å². The van der Waals surface area contributed by atoms with Gasteiger partial charge >= 0.3 is 0 Å². The average molecular weight is 404 g/mol. The van der Waals surface area contributed by atoms with E-state index in [1.165, 1.54) is 6.08 Å². The van der Waals surface area contributed by atoms with E-state index < -0.39 is 11.8 Å². The number of para-hydroxylation sites is 1. The second-order valence-corrected chi connectivity index (χ2v) is 6.65. The first-order chi connectivity index (χ1) is 14.0. The molecular formula is C21H16N4O3S. The summed E-state index contributed by atoms with van der Waals surface area (Å²) in [5.41, 5.74) is 2.87. The molecule has 3 aromatic rings. The van der Waals surface area contributed by atoms with Crippen LogP contribution in [0.25, 0.3) is 23.0 Å². The highest BCUT2D eigenvalue weighted by Crippen LogP contribution is 2.27. The second-order valence-electron chi connectivity index (χ2n) is 6.24. The van der Waals surface area contributed by atoms with Crippen molar-refractivity contribution in [2.45, 2.75) is 0 Å². The molecule has 1 aromatic heterocycles. The molecule has 1 fully saturated rings. The van der Waals surface area contributed by atoms with Crippen molar-refractivity contribution in [2.75, 3.05) is 7.11 Å². The van der Waals surface area contributed by atoms with E-state index >= 15 is 0 Å². The molecule has 2 heterocycles. The number of nitrogens with zero attached hydrogens (tertiary/aromatic N) is 2. The van der Waals surface area contributed by atoms with Crippen molar-refractivity contribution < 1.29 is 14.3 Å². The summed E-state index contributed by atoms with van der Waals surface area (Å²) in [6.45, 7) is 0. The number of hydrogen-bond acceptors (Lipinski definition) is 5. The first kappa shape index (κ1) is 18.6. The largest absolute Gasteiger partial charge is 0.497 e. The molecule has 29 heavy (non-hydrogen) atoms. The Morgan fingerprint density at radius 2 is 1.66 bits per heavy atom. The Hall–Kier alpha value is -3.78. The minimum Gasteiger partial charge on any atom is -0.497 e. The highest BCUT2D eigenvalue weighted by molar-refractivity contribution is 7.80. The molecule has 0 bridgehead atoms. The van der Waals surface area contributed by atoms with Crippen LogP contribution in [0.15, 0.2) is 66.4 Å². The van der Waals surface area contributed by atoms with Crippen molar-refractivity contribution in [3.05, 3.63) is 71.9 Å². The number of benzene rings is 2. The lowest BCUT2D eigenvalue weighted by molar-refractivity contribution is -0.123. The van der Waals surface area contributed by atoms with Gasteiger partial charge in [0.05, 0.1) is 18.5 Å². The molecule has 4 rings (SSSR count). The summed E-state index contributed by atoms with van der Waals surface area (Å²) in [4.78, 5) is 24.5. The summed E-state index contributed by atoms with van der Waals surface area (Å²) in [6, 6.07) is 17.0. The Morgan fingerprint density at radius 1 is 1.00 bits per heavy atom. The van der Waals surface area contributed by atoms with Crippen LogP contribution in [0.4, 0.5) is 0 Å². The molecule has 144 valence electrons. The predicted molar refractivity (Wildman–Crippen MR) is 112 cm³/mol. The van der Waals surface area contributed by atoms with Gasteiger partial charge in [-0.15, -0.1) is 0 Å². The van der Waals surface area contributed by atoms with Crippen molar-refractivity contribution in [3.63, 3.8) is 0 Å². The molecule has 0 radical (unpaired) electrons. The minimum absolute atomic E-state index is 0.00694. The molecule has 0 saturated carbocycles. The first-order valence-electron chi connectivity index (χ1n) is 8.73. The monoisotopic (exact) mass is 404 g/mol. The van der Waals surface area contributed by atoms with Gasteiger partial charge in [0.25, 0.3) is 11.8 Å². The van der Waals surface area contributed by atoms with E-state index in [0.29, 0.717) is 11.3 Å². The highest BCUT2D eigenvalue weighted by atomic mass is 32.1. The lowest BCUT2D eigenvalue weighted by Gasteiger charge is -2.16. The molecule has 1 saturated heterocycles. The van der Waals surface area contributed by atoms with E-state index in [-0.39, 0.29) is 10.7 Å². The predicted octanol–water partition coefficient (Wildman–Crippen LogP) is 2.46. The first-order valence-corrected chi connectivity index (χ1v) is 9.14. The van der Waals surface area contributed by atoms with Crippen molar-refractivity contribution >= 4 is 35.2 Å². The summed E-state index contributed by atoms with van der Waals surface area (Å²) in [7, 11) is 1.60. The van der Waals surface area contributed by atoms with Gasteiger partial charge in [0.15, 0.2) is 5.11 Å². The lowest BCUT2D eigenvalue weighted by Crippen LogP contribution is -2.51. The number of amides is 2. The molecule has 2 N–H and O–H groups in total.